The van der Waals surface area contributed by atoms with Crippen molar-refractivity contribution in [3.63, 3.8) is 0 Å². The van der Waals surface area contributed by atoms with Crippen LogP contribution in [0.5, 0.6) is 0 Å². The lowest BCUT2D eigenvalue weighted by molar-refractivity contribution is -0.676. The van der Waals surface area contributed by atoms with Crippen LogP contribution in [-0.4, -0.2) is 12.5 Å². The highest BCUT2D eigenvalue weighted by Crippen LogP contribution is 2.24. The van der Waals surface area contributed by atoms with Gasteiger partial charge in [0.15, 0.2) is 6.54 Å². The lowest BCUT2D eigenvalue weighted by atomic mass is 10.0. The fourth-order valence-corrected chi connectivity index (χ4v) is 4.32. The molecule has 1 amide bonds. The van der Waals surface area contributed by atoms with Gasteiger partial charge >= 0.3 is 0 Å². The van der Waals surface area contributed by atoms with Crippen molar-refractivity contribution in [1.82, 2.24) is 5.32 Å². The van der Waals surface area contributed by atoms with E-state index >= 15 is 0 Å². The number of furan rings is 1. The molecule has 5 heteroatoms. The molecule has 148 valence electrons. The lowest BCUT2D eigenvalue weighted by Gasteiger charge is -2.16. The van der Waals surface area contributed by atoms with Crippen molar-refractivity contribution in [1.29, 1.82) is 0 Å². The van der Waals surface area contributed by atoms with Gasteiger partial charge in [0, 0.05) is 10.9 Å². The first-order valence-corrected chi connectivity index (χ1v) is 10.7. The van der Waals surface area contributed by atoms with E-state index in [0.29, 0.717) is 6.54 Å². The summed E-state index contributed by atoms with van der Waals surface area (Å²) < 4.78 is 5.87. The number of fused-ring (bicyclic) bond motifs is 1. The van der Waals surface area contributed by atoms with E-state index in [1.165, 1.54) is 16.0 Å². The largest absolute Gasteiger partial charge is 0.459 e. The highest BCUT2D eigenvalue weighted by Gasteiger charge is 2.21. The molecule has 29 heavy (non-hydrogen) atoms. The monoisotopic (exact) mass is 405 g/mol. The number of carbonyl (C=O) groups is 1. The lowest BCUT2D eigenvalue weighted by Crippen LogP contribution is -2.87. The van der Waals surface area contributed by atoms with Crippen LogP contribution in [0, 0.1) is 6.92 Å². The second-order valence-electron chi connectivity index (χ2n) is 7.32. The van der Waals surface area contributed by atoms with E-state index in [1.54, 1.807) is 11.3 Å². The molecule has 3 N–H and O–H groups in total. The van der Waals surface area contributed by atoms with Crippen molar-refractivity contribution < 1.29 is 14.5 Å². The Balaban J connectivity index is 1.41. The summed E-state index contributed by atoms with van der Waals surface area (Å²) in [5.41, 5.74) is 3.28. The van der Waals surface area contributed by atoms with Gasteiger partial charge in [-0.15, -0.1) is 11.3 Å². The molecule has 2 heterocycles. The smallest absolute Gasteiger partial charge is 0.275 e. The molecule has 2 aromatic heterocycles. The predicted molar refractivity (Wildman–Crippen MR) is 117 cm³/mol. The number of thiophene rings is 1. The van der Waals surface area contributed by atoms with Crippen LogP contribution < -0.4 is 10.6 Å². The first-order chi connectivity index (χ1) is 14.1. The molecule has 0 bridgehead atoms. The molecule has 0 aliphatic carbocycles. The molecule has 4 rings (SSSR count). The first kappa shape index (κ1) is 19.4. The Bertz CT molecular complexity index is 1050. The van der Waals surface area contributed by atoms with Crippen LogP contribution in [0.3, 0.4) is 0 Å². The third-order valence-electron chi connectivity index (χ3n) is 5.07. The Morgan fingerprint density at radius 1 is 1.10 bits per heavy atom. The maximum atomic E-state index is 12.6. The summed E-state index contributed by atoms with van der Waals surface area (Å²) in [4.78, 5) is 13.9. The fourth-order valence-electron chi connectivity index (χ4n) is 3.47. The summed E-state index contributed by atoms with van der Waals surface area (Å²) in [6, 6.07) is 22.5. The number of aryl methyl sites for hydroxylation is 1. The Hall–Kier alpha value is -2.89. The van der Waals surface area contributed by atoms with Gasteiger partial charge < -0.3 is 15.1 Å². The molecule has 0 aliphatic heterocycles. The van der Waals surface area contributed by atoms with E-state index in [1.807, 2.05) is 37.3 Å². The van der Waals surface area contributed by atoms with Gasteiger partial charge in [-0.3, -0.25) is 4.79 Å². The van der Waals surface area contributed by atoms with Crippen LogP contribution in [0.25, 0.3) is 11.0 Å². The predicted octanol–water partition coefficient (Wildman–Crippen LogP) is 4.33. The molecule has 0 saturated heterocycles. The molecule has 4 nitrogen and oxygen atoms in total. The number of quaternary nitrogens is 1. The van der Waals surface area contributed by atoms with Gasteiger partial charge in [-0.25, -0.2) is 0 Å². The third kappa shape index (κ3) is 4.58. The fraction of sp³-hybridized carbons (Fsp3) is 0.208. The normalized spacial score (nSPS) is 13.3. The summed E-state index contributed by atoms with van der Waals surface area (Å²) in [6.45, 7) is 4.38. The standard InChI is InChI=1S/C24H24N2O2S/c1-16-9-11-18(12-10-16)24(22-8-5-13-29-22)25-15-23(27)26-17(2)21-14-19-6-3-4-7-20(19)28-21/h3-14,17,24-25H,15H2,1-2H3,(H,26,27)/p+1/t17-,24-/m0/s1. The number of nitrogens with one attached hydrogen (secondary N) is 1. The topological polar surface area (TPSA) is 58.9 Å². The van der Waals surface area contributed by atoms with Crippen molar-refractivity contribution in [3.05, 3.63) is 93.9 Å². The van der Waals surface area contributed by atoms with Crippen molar-refractivity contribution in [2.24, 2.45) is 0 Å². The molecular weight excluding hydrogens is 380 g/mol. The Morgan fingerprint density at radius 2 is 1.90 bits per heavy atom. The SMILES string of the molecule is Cc1ccc([C@H]([NH2+]CC(=O)N[C@@H](C)c2cc3ccccc3o2)c2cccs2)cc1. The maximum absolute atomic E-state index is 12.6. The zero-order valence-corrected chi connectivity index (χ0v) is 17.4. The highest BCUT2D eigenvalue weighted by molar-refractivity contribution is 7.10. The number of benzene rings is 2. The summed E-state index contributed by atoms with van der Waals surface area (Å²) in [7, 11) is 0. The van der Waals surface area contributed by atoms with Gasteiger partial charge in [-0.1, -0.05) is 54.1 Å². The van der Waals surface area contributed by atoms with E-state index in [-0.39, 0.29) is 18.0 Å². The summed E-state index contributed by atoms with van der Waals surface area (Å²) in [5, 5.41) is 8.28. The second kappa shape index (κ2) is 8.64. The van der Waals surface area contributed by atoms with Gasteiger partial charge in [0.2, 0.25) is 0 Å². The summed E-state index contributed by atoms with van der Waals surface area (Å²) in [5.74, 6) is 0.763. The summed E-state index contributed by atoms with van der Waals surface area (Å²) >= 11 is 1.72. The number of hydrogen-bond acceptors (Lipinski definition) is 3. The molecule has 0 spiro atoms. The van der Waals surface area contributed by atoms with Gasteiger partial charge in [0.1, 0.15) is 17.4 Å². The second-order valence-corrected chi connectivity index (χ2v) is 8.30. The van der Waals surface area contributed by atoms with E-state index in [9.17, 15) is 4.79 Å². The Kier molecular flexibility index (Phi) is 5.79. The number of carbonyl (C=O) groups excluding carboxylic acids is 1. The average Bonchev–Trinajstić information content (AvgIpc) is 3.39. The minimum Gasteiger partial charge on any atom is -0.459 e. The van der Waals surface area contributed by atoms with Crippen molar-refractivity contribution in [2.45, 2.75) is 25.9 Å². The van der Waals surface area contributed by atoms with Crippen LogP contribution in [0.15, 0.2) is 76.5 Å². The molecule has 2 atom stereocenters. The molecule has 0 aliphatic rings. The zero-order valence-electron chi connectivity index (χ0n) is 16.6. The average molecular weight is 406 g/mol. The van der Waals surface area contributed by atoms with Crippen LogP contribution in [0.1, 0.15) is 40.8 Å². The molecule has 4 aromatic rings. The number of nitrogens with two attached hydrogens (primary N) is 1. The zero-order chi connectivity index (χ0) is 20.2. The highest BCUT2D eigenvalue weighted by atomic mass is 32.1. The van der Waals surface area contributed by atoms with Crippen LogP contribution in [0.4, 0.5) is 0 Å². The van der Waals surface area contributed by atoms with Crippen LogP contribution in [-0.2, 0) is 4.79 Å². The van der Waals surface area contributed by atoms with E-state index < -0.39 is 0 Å². The molecule has 0 saturated carbocycles. The number of rotatable bonds is 7. The summed E-state index contributed by atoms with van der Waals surface area (Å²) in [6.07, 6.45) is 0. The van der Waals surface area contributed by atoms with Crippen molar-refractivity contribution in [3.8, 4) is 0 Å². The molecule has 0 fully saturated rings. The van der Waals surface area contributed by atoms with Crippen molar-refractivity contribution in [2.75, 3.05) is 6.54 Å². The number of amides is 1. The van der Waals surface area contributed by atoms with E-state index in [4.69, 9.17) is 4.42 Å². The quantitative estimate of drug-likeness (QED) is 0.481. The van der Waals surface area contributed by atoms with Gasteiger partial charge in [-0.05, 0) is 37.4 Å². The minimum atomic E-state index is -0.178. The Morgan fingerprint density at radius 3 is 2.62 bits per heavy atom. The minimum absolute atomic E-state index is 0.00776. The van der Waals surface area contributed by atoms with Crippen LogP contribution >= 0.6 is 11.3 Å². The maximum Gasteiger partial charge on any atom is 0.275 e. The third-order valence-corrected chi connectivity index (χ3v) is 6.03. The van der Waals surface area contributed by atoms with Gasteiger partial charge in [-0.2, -0.15) is 0 Å². The van der Waals surface area contributed by atoms with E-state index in [0.717, 1.165) is 16.7 Å². The number of hydrogen-bond donors (Lipinski definition) is 2. The van der Waals surface area contributed by atoms with Gasteiger partial charge in [0.25, 0.3) is 5.91 Å². The van der Waals surface area contributed by atoms with Crippen molar-refractivity contribution >= 4 is 28.2 Å². The Labute approximate surface area is 174 Å². The van der Waals surface area contributed by atoms with Crippen LogP contribution in [0.2, 0.25) is 0 Å². The van der Waals surface area contributed by atoms with Gasteiger partial charge in [0.05, 0.1) is 10.9 Å². The molecule has 2 aromatic carbocycles. The first-order valence-electron chi connectivity index (χ1n) is 9.81. The number of para-hydroxylation sites is 1. The van der Waals surface area contributed by atoms with E-state index in [2.05, 4.69) is 59.3 Å². The molecular formula is C24H25N2O2S+. The molecule has 0 unspecified atom stereocenters. The molecule has 0 radical (unpaired) electrons.